The van der Waals surface area contributed by atoms with E-state index in [1.807, 2.05) is 20.8 Å². The zero-order valence-electron chi connectivity index (χ0n) is 13.4. The van der Waals surface area contributed by atoms with Crippen LogP contribution in [0.4, 0.5) is 0 Å². The number of nitrogens with zero attached hydrogens (tertiary/aromatic N) is 2. The molecule has 0 amide bonds. The van der Waals surface area contributed by atoms with Crippen LogP contribution in [0, 0.1) is 0 Å². The van der Waals surface area contributed by atoms with E-state index in [0.717, 1.165) is 0 Å². The Bertz CT molecular complexity index is 500. The lowest BCUT2D eigenvalue weighted by molar-refractivity contribution is -0.117. The van der Waals surface area contributed by atoms with Crippen LogP contribution in [0.1, 0.15) is 57.1 Å². The van der Waals surface area contributed by atoms with Crippen LogP contribution in [0.5, 0.6) is 0 Å². The van der Waals surface area contributed by atoms with E-state index in [9.17, 15) is 9.59 Å². The molecule has 0 aromatic carbocycles. The monoisotopic (exact) mass is 296 g/mol. The molecule has 1 aromatic rings. The van der Waals surface area contributed by atoms with Gasteiger partial charge in [0.15, 0.2) is 0 Å². The lowest BCUT2D eigenvalue weighted by Crippen LogP contribution is -2.21. The third-order valence-corrected chi connectivity index (χ3v) is 2.76. The number of ketones is 1. The Kier molecular flexibility index (Phi) is 6.08. The van der Waals surface area contributed by atoms with Crippen molar-refractivity contribution in [1.82, 2.24) is 9.78 Å². The fourth-order valence-corrected chi connectivity index (χ4v) is 1.68. The van der Waals surface area contributed by atoms with E-state index in [2.05, 4.69) is 5.10 Å². The molecule has 0 aliphatic heterocycles. The summed E-state index contributed by atoms with van der Waals surface area (Å²) < 4.78 is 12.4. The van der Waals surface area contributed by atoms with Crippen LogP contribution in [0.3, 0.4) is 0 Å². The van der Waals surface area contributed by atoms with Crippen LogP contribution in [-0.2, 0) is 27.4 Å². The normalized spacial score (nSPS) is 11.5. The predicted octanol–water partition coefficient (Wildman–Crippen LogP) is 2.35. The molecule has 0 N–H and O–H groups in total. The van der Waals surface area contributed by atoms with Gasteiger partial charge < -0.3 is 9.47 Å². The second kappa shape index (κ2) is 7.36. The number of hydrogen-bond acceptors (Lipinski definition) is 5. The van der Waals surface area contributed by atoms with Crippen molar-refractivity contribution >= 4 is 11.8 Å². The van der Waals surface area contributed by atoms with Crippen LogP contribution in [-0.4, -0.2) is 33.7 Å². The van der Waals surface area contributed by atoms with Gasteiger partial charge in [-0.15, -0.1) is 0 Å². The van der Waals surface area contributed by atoms with Crippen molar-refractivity contribution in [2.24, 2.45) is 0 Å². The van der Waals surface area contributed by atoms with Crippen molar-refractivity contribution in [2.75, 3.05) is 6.61 Å². The molecule has 0 aliphatic carbocycles. The van der Waals surface area contributed by atoms with Gasteiger partial charge in [-0.3, -0.25) is 9.48 Å². The summed E-state index contributed by atoms with van der Waals surface area (Å²) in [5.74, 6) is -0.343. The molecule has 118 valence electrons. The first kappa shape index (κ1) is 17.4. The maximum atomic E-state index is 11.9. The van der Waals surface area contributed by atoms with Gasteiger partial charge in [-0.2, -0.15) is 5.10 Å². The highest BCUT2D eigenvalue weighted by atomic mass is 16.5. The highest BCUT2D eigenvalue weighted by Crippen LogP contribution is 2.17. The van der Waals surface area contributed by atoms with Crippen molar-refractivity contribution in [3.8, 4) is 0 Å². The molecule has 0 bridgehead atoms. The number of rotatable bonds is 7. The van der Waals surface area contributed by atoms with E-state index >= 15 is 0 Å². The number of aryl methyl sites for hydroxylation is 1. The van der Waals surface area contributed by atoms with E-state index in [1.165, 1.54) is 13.1 Å². The molecule has 0 aliphatic rings. The fourth-order valence-electron chi connectivity index (χ4n) is 1.68. The molecular weight excluding hydrogens is 272 g/mol. The molecule has 0 atom stereocenters. The molecule has 0 unspecified atom stereocenters. The number of carbonyl (C=O) groups is 2. The number of Topliss-reactive ketones (excluding diaryl/α,β-unsaturated/α-hetero) is 1. The molecule has 6 nitrogen and oxygen atoms in total. The quantitative estimate of drug-likeness (QED) is 0.722. The second-order valence-corrected chi connectivity index (χ2v) is 5.80. The number of ether oxygens (including phenoxy) is 2. The lowest BCUT2D eigenvalue weighted by atomic mass is 10.2. The number of hydrogen-bond donors (Lipinski definition) is 0. The average molecular weight is 296 g/mol. The van der Waals surface area contributed by atoms with Gasteiger partial charge in [0.25, 0.3) is 0 Å². The molecule has 1 heterocycles. The van der Waals surface area contributed by atoms with Crippen molar-refractivity contribution in [1.29, 1.82) is 0 Å². The van der Waals surface area contributed by atoms with E-state index in [1.54, 1.807) is 11.6 Å². The van der Waals surface area contributed by atoms with Crippen LogP contribution >= 0.6 is 0 Å². The Labute approximate surface area is 125 Å². The summed E-state index contributed by atoms with van der Waals surface area (Å²) in [6.45, 7) is 10.1. The molecule has 0 fully saturated rings. The van der Waals surface area contributed by atoms with Gasteiger partial charge in [0.1, 0.15) is 11.3 Å². The summed E-state index contributed by atoms with van der Waals surface area (Å²) in [6, 6.07) is 0. The average Bonchev–Trinajstić information content (AvgIpc) is 2.76. The first-order valence-corrected chi connectivity index (χ1v) is 7.09. The Morgan fingerprint density at radius 3 is 2.52 bits per heavy atom. The topological polar surface area (TPSA) is 70.4 Å². The molecule has 21 heavy (non-hydrogen) atoms. The van der Waals surface area contributed by atoms with Crippen molar-refractivity contribution < 1.29 is 19.1 Å². The standard InChI is InChI=1S/C15H24N2O4/c1-6-20-14(19)12-9-16-17(8-7-11(2)18)13(12)10-21-15(3,4)5/h9H,6-8,10H2,1-5H3. The predicted molar refractivity (Wildman–Crippen MR) is 78.0 cm³/mol. The third-order valence-electron chi connectivity index (χ3n) is 2.76. The third kappa shape index (κ3) is 5.67. The lowest BCUT2D eigenvalue weighted by Gasteiger charge is -2.20. The van der Waals surface area contributed by atoms with Gasteiger partial charge in [0, 0.05) is 13.0 Å². The molecule has 0 saturated heterocycles. The molecule has 6 heteroatoms. The summed E-state index contributed by atoms with van der Waals surface area (Å²) in [4.78, 5) is 23.1. The molecule has 0 spiro atoms. The summed E-state index contributed by atoms with van der Waals surface area (Å²) in [7, 11) is 0. The van der Waals surface area contributed by atoms with Gasteiger partial charge in [0.05, 0.1) is 30.7 Å². The molecule has 0 saturated carbocycles. The molecule has 0 radical (unpaired) electrons. The van der Waals surface area contributed by atoms with Crippen molar-refractivity contribution in [3.63, 3.8) is 0 Å². The maximum Gasteiger partial charge on any atom is 0.341 e. The zero-order chi connectivity index (χ0) is 16.0. The van der Waals surface area contributed by atoms with E-state index in [4.69, 9.17) is 9.47 Å². The summed E-state index contributed by atoms with van der Waals surface area (Å²) in [5.41, 5.74) is 0.705. The smallest absolute Gasteiger partial charge is 0.341 e. The molecule has 1 aromatic heterocycles. The Balaban J connectivity index is 2.97. The van der Waals surface area contributed by atoms with Crippen LogP contribution < -0.4 is 0 Å². The minimum atomic E-state index is -0.418. The fraction of sp³-hybridized carbons (Fsp3) is 0.667. The van der Waals surface area contributed by atoms with Crippen molar-refractivity contribution in [2.45, 2.75) is 59.8 Å². The van der Waals surface area contributed by atoms with Crippen LogP contribution in [0.25, 0.3) is 0 Å². The van der Waals surface area contributed by atoms with Crippen LogP contribution in [0.15, 0.2) is 6.20 Å². The van der Waals surface area contributed by atoms with E-state index in [-0.39, 0.29) is 18.0 Å². The maximum absolute atomic E-state index is 11.9. The summed E-state index contributed by atoms with van der Waals surface area (Å²) in [6.07, 6.45) is 1.84. The number of carbonyl (C=O) groups excluding carboxylic acids is 2. The minimum Gasteiger partial charge on any atom is -0.462 e. The van der Waals surface area contributed by atoms with Gasteiger partial charge in [-0.05, 0) is 34.6 Å². The second-order valence-electron chi connectivity index (χ2n) is 5.80. The van der Waals surface area contributed by atoms with E-state index in [0.29, 0.717) is 30.8 Å². The molecular formula is C15H24N2O4. The van der Waals surface area contributed by atoms with Gasteiger partial charge in [-0.25, -0.2) is 4.79 Å². The van der Waals surface area contributed by atoms with Crippen molar-refractivity contribution in [3.05, 3.63) is 17.5 Å². The van der Waals surface area contributed by atoms with Crippen LogP contribution in [0.2, 0.25) is 0 Å². The number of esters is 1. The first-order chi connectivity index (χ1) is 9.74. The van der Waals surface area contributed by atoms with Gasteiger partial charge in [0.2, 0.25) is 0 Å². The number of aromatic nitrogens is 2. The molecule has 1 rings (SSSR count). The summed E-state index contributed by atoms with van der Waals surface area (Å²) >= 11 is 0. The highest BCUT2D eigenvalue weighted by molar-refractivity contribution is 5.90. The first-order valence-electron chi connectivity index (χ1n) is 7.09. The minimum absolute atomic E-state index is 0.0749. The Hall–Kier alpha value is -1.69. The van der Waals surface area contributed by atoms with E-state index < -0.39 is 5.97 Å². The van der Waals surface area contributed by atoms with Gasteiger partial charge in [-0.1, -0.05) is 0 Å². The Morgan fingerprint density at radius 2 is 2.00 bits per heavy atom. The largest absolute Gasteiger partial charge is 0.462 e. The van der Waals surface area contributed by atoms with Gasteiger partial charge >= 0.3 is 5.97 Å². The summed E-state index contributed by atoms with van der Waals surface area (Å²) in [5, 5.41) is 4.18. The Morgan fingerprint density at radius 1 is 1.33 bits per heavy atom. The highest BCUT2D eigenvalue weighted by Gasteiger charge is 2.21. The zero-order valence-corrected chi connectivity index (χ0v) is 13.4. The SMILES string of the molecule is CCOC(=O)c1cnn(CCC(C)=O)c1COC(C)(C)C.